The van der Waals surface area contributed by atoms with Gasteiger partial charge in [0, 0.05) is 45.5 Å². The van der Waals surface area contributed by atoms with Gasteiger partial charge < -0.3 is 15.0 Å². The number of hydrogen-bond acceptors (Lipinski definition) is 7. The van der Waals surface area contributed by atoms with Gasteiger partial charge in [0.05, 0.1) is 11.6 Å². The molecule has 33 heavy (non-hydrogen) atoms. The predicted octanol–water partition coefficient (Wildman–Crippen LogP) is 2.96. The first-order valence-corrected chi connectivity index (χ1v) is 11.3. The third-order valence-corrected chi connectivity index (χ3v) is 6.08. The highest BCUT2D eigenvalue weighted by Gasteiger charge is 2.27. The normalized spacial score (nSPS) is 17.2. The van der Waals surface area contributed by atoms with E-state index < -0.39 is 0 Å². The number of anilines is 2. The second kappa shape index (κ2) is 9.99. The lowest BCUT2D eigenvalue weighted by molar-refractivity contribution is -0.127. The molecule has 1 atom stereocenters. The summed E-state index contributed by atoms with van der Waals surface area (Å²) in [6.07, 6.45) is 2.71. The van der Waals surface area contributed by atoms with E-state index in [0.717, 1.165) is 43.9 Å². The minimum absolute atomic E-state index is 0.00354. The first-order valence-electron chi connectivity index (χ1n) is 11.3. The second-order valence-corrected chi connectivity index (χ2v) is 8.25. The molecule has 4 rings (SSSR count). The third kappa shape index (κ3) is 5.14. The number of ether oxygens (including phenoxy) is 1. The zero-order valence-electron chi connectivity index (χ0n) is 19.2. The molecule has 0 aliphatic carbocycles. The SMILES string of the molecule is C=CC(=O)N1CCN(Cc2ccc([C@H](C)Nc3ncc4c(n3)N(CC)C(=O)OC4)cc2)CC1. The molecule has 2 aliphatic rings. The van der Waals surface area contributed by atoms with Crippen LogP contribution in [0.3, 0.4) is 0 Å². The lowest BCUT2D eigenvalue weighted by Gasteiger charge is -2.34. The van der Waals surface area contributed by atoms with E-state index >= 15 is 0 Å². The summed E-state index contributed by atoms with van der Waals surface area (Å²) in [5.41, 5.74) is 3.15. The van der Waals surface area contributed by atoms with Gasteiger partial charge in [-0.3, -0.25) is 14.6 Å². The maximum Gasteiger partial charge on any atom is 0.415 e. The fourth-order valence-corrected chi connectivity index (χ4v) is 4.09. The van der Waals surface area contributed by atoms with Crippen LogP contribution < -0.4 is 10.2 Å². The molecule has 2 amide bonds. The molecule has 0 unspecified atom stereocenters. The van der Waals surface area contributed by atoms with Gasteiger partial charge in [0.25, 0.3) is 0 Å². The number of nitrogens with zero attached hydrogens (tertiary/aromatic N) is 5. The van der Waals surface area contributed by atoms with Crippen LogP contribution in [-0.2, 0) is 22.7 Å². The summed E-state index contributed by atoms with van der Waals surface area (Å²) in [6, 6.07) is 8.49. The molecular weight excluding hydrogens is 420 g/mol. The molecule has 2 aliphatic heterocycles. The number of carbonyl (C=O) groups is 2. The fourth-order valence-electron chi connectivity index (χ4n) is 4.09. The van der Waals surface area contributed by atoms with Crippen molar-refractivity contribution < 1.29 is 14.3 Å². The van der Waals surface area contributed by atoms with Crippen molar-refractivity contribution in [2.45, 2.75) is 33.0 Å². The predicted molar refractivity (Wildman–Crippen MR) is 126 cm³/mol. The average Bonchev–Trinajstić information content (AvgIpc) is 2.84. The molecule has 2 aromatic rings. The van der Waals surface area contributed by atoms with Crippen molar-refractivity contribution >= 4 is 23.8 Å². The Morgan fingerprint density at radius 3 is 2.64 bits per heavy atom. The number of nitrogens with one attached hydrogen (secondary N) is 1. The number of aromatic nitrogens is 2. The summed E-state index contributed by atoms with van der Waals surface area (Å²) in [4.78, 5) is 38.4. The van der Waals surface area contributed by atoms with E-state index in [9.17, 15) is 9.59 Å². The maximum atomic E-state index is 12.0. The number of hydrogen-bond donors (Lipinski definition) is 1. The van der Waals surface area contributed by atoms with E-state index in [0.29, 0.717) is 18.3 Å². The highest BCUT2D eigenvalue weighted by atomic mass is 16.6. The van der Waals surface area contributed by atoms with Gasteiger partial charge in [-0.05, 0) is 31.1 Å². The van der Waals surface area contributed by atoms with E-state index in [1.54, 1.807) is 6.20 Å². The highest BCUT2D eigenvalue weighted by molar-refractivity contribution is 5.89. The van der Waals surface area contributed by atoms with Crippen molar-refractivity contribution in [2.24, 2.45) is 0 Å². The topological polar surface area (TPSA) is 90.9 Å². The zero-order chi connectivity index (χ0) is 23.4. The Kier molecular flexibility index (Phi) is 6.88. The van der Waals surface area contributed by atoms with Crippen LogP contribution >= 0.6 is 0 Å². The molecule has 174 valence electrons. The van der Waals surface area contributed by atoms with Crippen molar-refractivity contribution in [3.05, 3.63) is 59.8 Å². The van der Waals surface area contributed by atoms with Crippen LogP contribution in [0.25, 0.3) is 0 Å². The molecule has 0 bridgehead atoms. The molecule has 1 saturated heterocycles. The summed E-state index contributed by atoms with van der Waals surface area (Å²) >= 11 is 0. The third-order valence-electron chi connectivity index (χ3n) is 6.08. The van der Waals surface area contributed by atoms with Gasteiger partial charge in [0.2, 0.25) is 11.9 Å². The first-order chi connectivity index (χ1) is 16.0. The Bertz CT molecular complexity index is 1020. The summed E-state index contributed by atoms with van der Waals surface area (Å²) in [7, 11) is 0. The van der Waals surface area contributed by atoms with Crippen LogP contribution in [0.2, 0.25) is 0 Å². The Labute approximate surface area is 194 Å². The largest absolute Gasteiger partial charge is 0.444 e. The minimum atomic E-state index is -0.382. The number of benzene rings is 1. The standard InChI is InChI=1S/C24H30N6O3/c1-4-21(31)29-12-10-28(11-13-29)15-18-6-8-19(9-7-18)17(3)26-23-25-14-20-16-33-24(32)30(5-2)22(20)27-23/h4,6-9,14,17H,1,5,10-13,15-16H2,2-3H3,(H,25,26,27)/t17-/m0/s1. The molecule has 0 spiro atoms. The van der Waals surface area contributed by atoms with E-state index in [-0.39, 0.29) is 24.6 Å². The fraction of sp³-hybridized carbons (Fsp3) is 0.417. The van der Waals surface area contributed by atoms with Gasteiger partial charge >= 0.3 is 6.09 Å². The maximum absolute atomic E-state index is 12.0. The molecule has 9 heteroatoms. The molecule has 1 aromatic carbocycles. The van der Waals surface area contributed by atoms with Crippen molar-refractivity contribution in [3.63, 3.8) is 0 Å². The monoisotopic (exact) mass is 450 g/mol. The number of carbonyl (C=O) groups excluding carboxylic acids is 2. The summed E-state index contributed by atoms with van der Waals surface area (Å²) in [5.74, 6) is 1.08. The Morgan fingerprint density at radius 2 is 1.97 bits per heavy atom. The van der Waals surface area contributed by atoms with Crippen LogP contribution in [0.1, 0.15) is 36.6 Å². The van der Waals surface area contributed by atoms with Crippen molar-refractivity contribution in [2.75, 3.05) is 42.9 Å². The number of fused-ring (bicyclic) bond motifs is 1. The minimum Gasteiger partial charge on any atom is -0.444 e. The summed E-state index contributed by atoms with van der Waals surface area (Å²) in [6.45, 7) is 12.2. The number of amides is 2. The zero-order valence-corrected chi connectivity index (χ0v) is 19.2. The van der Waals surface area contributed by atoms with Gasteiger partial charge in [-0.2, -0.15) is 4.98 Å². The van der Waals surface area contributed by atoms with Crippen LogP contribution in [0.15, 0.2) is 43.1 Å². The number of piperazine rings is 1. The quantitative estimate of drug-likeness (QED) is 0.649. The molecule has 0 saturated carbocycles. The summed E-state index contributed by atoms with van der Waals surface area (Å²) in [5, 5.41) is 3.33. The summed E-state index contributed by atoms with van der Waals surface area (Å²) < 4.78 is 5.15. The van der Waals surface area contributed by atoms with E-state index in [1.165, 1.54) is 16.5 Å². The lowest BCUT2D eigenvalue weighted by atomic mass is 10.1. The van der Waals surface area contributed by atoms with E-state index in [1.807, 2.05) is 11.8 Å². The molecular formula is C24H30N6O3. The lowest BCUT2D eigenvalue weighted by Crippen LogP contribution is -2.47. The molecule has 3 heterocycles. The number of cyclic esters (lactones) is 1. The second-order valence-electron chi connectivity index (χ2n) is 8.25. The Morgan fingerprint density at radius 1 is 1.24 bits per heavy atom. The molecule has 0 radical (unpaired) electrons. The number of rotatable bonds is 7. The Hall–Kier alpha value is -3.46. The van der Waals surface area contributed by atoms with Gasteiger partial charge in [-0.15, -0.1) is 0 Å². The van der Waals surface area contributed by atoms with Crippen LogP contribution in [-0.4, -0.2) is 64.5 Å². The van der Waals surface area contributed by atoms with Crippen molar-refractivity contribution in [3.8, 4) is 0 Å². The van der Waals surface area contributed by atoms with Crippen LogP contribution in [0, 0.1) is 0 Å². The molecule has 9 nitrogen and oxygen atoms in total. The van der Waals surface area contributed by atoms with Gasteiger partial charge in [-0.1, -0.05) is 30.8 Å². The average molecular weight is 451 g/mol. The van der Waals surface area contributed by atoms with Gasteiger partial charge in [0.1, 0.15) is 12.4 Å². The molecule has 1 fully saturated rings. The van der Waals surface area contributed by atoms with Gasteiger partial charge in [0.15, 0.2) is 0 Å². The Balaban J connectivity index is 1.35. The first kappa shape index (κ1) is 22.7. The van der Waals surface area contributed by atoms with E-state index in [2.05, 4.69) is 58.0 Å². The van der Waals surface area contributed by atoms with Crippen LogP contribution in [0.5, 0.6) is 0 Å². The molecule has 1 aromatic heterocycles. The highest BCUT2D eigenvalue weighted by Crippen LogP contribution is 2.26. The van der Waals surface area contributed by atoms with Crippen LogP contribution in [0.4, 0.5) is 16.6 Å². The van der Waals surface area contributed by atoms with Gasteiger partial charge in [-0.25, -0.2) is 9.78 Å². The molecule has 1 N–H and O–H groups in total. The van der Waals surface area contributed by atoms with Crippen molar-refractivity contribution in [1.82, 2.24) is 19.8 Å². The van der Waals surface area contributed by atoms with Crippen molar-refractivity contribution in [1.29, 1.82) is 0 Å². The van der Waals surface area contributed by atoms with E-state index in [4.69, 9.17) is 4.74 Å². The smallest absolute Gasteiger partial charge is 0.415 e.